The van der Waals surface area contributed by atoms with Gasteiger partial charge in [-0.15, -0.1) is 0 Å². The smallest absolute Gasteiger partial charge is 0.188 e. The predicted molar refractivity (Wildman–Crippen MR) is 120 cm³/mol. The molecule has 0 unspecified atom stereocenters. The number of carbonyl (C=O) groups excluding carboxylic acids is 1. The molecule has 1 fully saturated rings. The summed E-state index contributed by atoms with van der Waals surface area (Å²) in [5.74, 6) is 1.72. The molecule has 162 valence electrons. The number of ketones is 1. The van der Waals surface area contributed by atoms with E-state index in [-0.39, 0.29) is 5.78 Å². The Balaban J connectivity index is 1.02. The third-order valence-corrected chi connectivity index (χ3v) is 6.17. The van der Waals surface area contributed by atoms with Gasteiger partial charge in [0.25, 0.3) is 0 Å². The monoisotopic (exact) mass is 419 g/mol. The van der Waals surface area contributed by atoms with Gasteiger partial charge in [-0.05, 0) is 12.0 Å². The normalized spacial score (nSPS) is 21.4. The fourth-order valence-electron chi connectivity index (χ4n) is 4.45. The largest absolute Gasteiger partial charge is 0.496 e. The van der Waals surface area contributed by atoms with Gasteiger partial charge in [-0.25, -0.2) is 4.99 Å². The van der Waals surface area contributed by atoms with Crippen LogP contribution in [0.4, 0.5) is 0 Å². The van der Waals surface area contributed by atoms with Gasteiger partial charge in [0.15, 0.2) is 11.6 Å². The molecule has 0 aliphatic carbocycles. The highest BCUT2D eigenvalue weighted by Gasteiger charge is 2.31. The Morgan fingerprint density at radius 3 is 2.71 bits per heavy atom. The average molecular weight is 420 g/mol. The molecule has 31 heavy (non-hydrogen) atoms. The lowest BCUT2D eigenvalue weighted by Crippen LogP contribution is -2.46. The number of hydrogen-bond acceptors (Lipinski definition) is 7. The number of aliphatic imine (C=N–C) groups is 1. The van der Waals surface area contributed by atoms with Crippen molar-refractivity contribution in [2.45, 2.75) is 19.4 Å². The molecule has 0 radical (unpaired) electrons. The maximum atomic E-state index is 12.0. The number of allylic oxidation sites excluding steroid dienone is 2. The predicted octanol–water partition coefficient (Wildman–Crippen LogP) is 2.07. The van der Waals surface area contributed by atoms with Crippen molar-refractivity contribution in [2.24, 2.45) is 4.99 Å². The number of benzene rings is 1. The maximum absolute atomic E-state index is 12.0. The van der Waals surface area contributed by atoms with Gasteiger partial charge < -0.3 is 19.9 Å². The fourth-order valence-corrected chi connectivity index (χ4v) is 4.45. The molecule has 5 rings (SSSR count). The first-order chi connectivity index (χ1) is 15.3. The zero-order valence-electron chi connectivity index (χ0n) is 17.8. The van der Waals surface area contributed by atoms with Crippen LogP contribution in [-0.4, -0.2) is 72.6 Å². The van der Waals surface area contributed by atoms with Crippen molar-refractivity contribution < 1.29 is 9.53 Å². The van der Waals surface area contributed by atoms with Crippen LogP contribution in [0.25, 0.3) is 0 Å². The molecular formula is C24H29N5O2. The standard InChI is InChI=1S/C24H29N5O2/c30-22-7-8-25-24-23(22)26-16-20-15-21(18-29(20)24)31-14-4-9-27-10-12-28(13-11-27)17-19-5-2-1-3-6-19/h1-3,5-6,8,15-16,26H,4,7,9-14,17-18H2. The van der Waals surface area contributed by atoms with Crippen LogP contribution in [-0.2, 0) is 16.1 Å². The lowest BCUT2D eigenvalue weighted by Gasteiger charge is -2.34. The number of Topliss-reactive ketones (excluding diaryl/α,β-unsaturated/α-hetero) is 1. The molecule has 0 bridgehead atoms. The van der Waals surface area contributed by atoms with E-state index in [4.69, 9.17) is 4.74 Å². The zero-order chi connectivity index (χ0) is 21.0. The van der Waals surface area contributed by atoms with Gasteiger partial charge in [0, 0.05) is 64.2 Å². The summed E-state index contributed by atoms with van der Waals surface area (Å²) in [7, 11) is 0. The van der Waals surface area contributed by atoms with E-state index in [0.29, 0.717) is 31.1 Å². The van der Waals surface area contributed by atoms with E-state index >= 15 is 0 Å². The van der Waals surface area contributed by atoms with Gasteiger partial charge in [-0.3, -0.25) is 9.69 Å². The summed E-state index contributed by atoms with van der Waals surface area (Å²) in [6.07, 6.45) is 6.96. The van der Waals surface area contributed by atoms with Crippen LogP contribution >= 0.6 is 0 Å². The average Bonchev–Trinajstić information content (AvgIpc) is 3.22. The van der Waals surface area contributed by atoms with Crippen molar-refractivity contribution in [1.29, 1.82) is 0 Å². The Morgan fingerprint density at radius 2 is 1.87 bits per heavy atom. The van der Waals surface area contributed by atoms with Crippen LogP contribution in [0.3, 0.4) is 0 Å². The highest BCUT2D eigenvalue weighted by molar-refractivity contribution is 6.05. The second kappa shape index (κ2) is 9.08. The summed E-state index contributed by atoms with van der Waals surface area (Å²) >= 11 is 0. The quantitative estimate of drug-likeness (QED) is 0.683. The summed E-state index contributed by atoms with van der Waals surface area (Å²) in [6, 6.07) is 10.7. The lowest BCUT2D eigenvalue weighted by molar-refractivity contribution is -0.115. The van der Waals surface area contributed by atoms with Crippen molar-refractivity contribution in [3.63, 3.8) is 0 Å². The topological polar surface area (TPSA) is 60.4 Å². The number of hydrogen-bond donors (Lipinski definition) is 1. The van der Waals surface area contributed by atoms with Crippen LogP contribution < -0.4 is 5.32 Å². The van der Waals surface area contributed by atoms with E-state index in [0.717, 1.165) is 57.1 Å². The first-order valence-corrected chi connectivity index (χ1v) is 11.1. The van der Waals surface area contributed by atoms with E-state index < -0.39 is 0 Å². The molecular weight excluding hydrogens is 390 g/mol. The van der Waals surface area contributed by atoms with E-state index in [2.05, 4.69) is 50.4 Å². The first kappa shape index (κ1) is 20.0. The summed E-state index contributed by atoms with van der Waals surface area (Å²) in [4.78, 5) is 23.6. The molecule has 1 aromatic carbocycles. The number of rotatable bonds is 7. The van der Waals surface area contributed by atoms with Gasteiger partial charge in [-0.2, -0.15) is 0 Å². The van der Waals surface area contributed by atoms with Crippen LogP contribution in [0.5, 0.6) is 0 Å². The summed E-state index contributed by atoms with van der Waals surface area (Å²) < 4.78 is 6.05. The number of nitrogens with one attached hydrogen (secondary N) is 1. The minimum absolute atomic E-state index is 0.0820. The highest BCUT2D eigenvalue weighted by Crippen LogP contribution is 2.31. The molecule has 0 saturated carbocycles. The molecule has 4 aliphatic rings. The lowest BCUT2D eigenvalue weighted by atomic mass is 10.1. The second-order valence-corrected chi connectivity index (χ2v) is 8.35. The van der Waals surface area contributed by atoms with Crippen molar-refractivity contribution in [2.75, 3.05) is 45.9 Å². The molecule has 1 N–H and O–H groups in total. The van der Waals surface area contributed by atoms with Crippen LogP contribution in [0.1, 0.15) is 18.4 Å². The van der Waals surface area contributed by atoms with Gasteiger partial charge >= 0.3 is 0 Å². The Kier molecular flexibility index (Phi) is 5.86. The van der Waals surface area contributed by atoms with Crippen LogP contribution in [0.2, 0.25) is 0 Å². The minimum atomic E-state index is 0.0820. The Morgan fingerprint density at radius 1 is 1.06 bits per heavy atom. The van der Waals surface area contributed by atoms with Gasteiger partial charge in [0.2, 0.25) is 0 Å². The van der Waals surface area contributed by atoms with E-state index in [1.54, 1.807) is 6.21 Å². The van der Waals surface area contributed by atoms with Gasteiger partial charge in [-0.1, -0.05) is 30.3 Å². The first-order valence-electron chi connectivity index (χ1n) is 11.1. The van der Waals surface area contributed by atoms with Gasteiger partial charge in [0.1, 0.15) is 11.5 Å². The summed E-state index contributed by atoms with van der Waals surface area (Å²) in [6.45, 7) is 7.92. The van der Waals surface area contributed by atoms with E-state index in [9.17, 15) is 4.79 Å². The number of ether oxygens (including phenoxy) is 1. The third kappa shape index (κ3) is 4.57. The van der Waals surface area contributed by atoms with Crippen molar-refractivity contribution in [3.8, 4) is 0 Å². The molecule has 7 nitrogen and oxygen atoms in total. The van der Waals surface area contributed by atoms with Crippen molar-refractivity contribution in [3.05, 3.63) is 71.1 Å². The minimum Gasteiger partial charge on any atom is -0.496 e. The molecule has 0 aromatic heterocycles. The fraction of sp³-hybridized carbons (Fsp3) is 0.417. The molecule has 1 saturated heterocycles. The number of piperazine rings is 1. The number of carbonyl (C=O) groups is 1. The summed E-state index contributed by atoms with van der Waals surface area (Å²) in [5.41, 5.74) is 2.98. The zero-order valence-corrected chi connectivity index (χ0v) is 17.8. The Labute approximate surface area is 183 Å². The molecule has 1 aromatic rings. The van der Waals surface area contributed by atoms with Crippen LogP contribution in [0, 0.1) is 0 Å². The van der Waals surface area contributed by atoms with E-state index in [1.807, 2.05) is 17.2 Å². The Hall–Kier alpha value is -2.90. The molecule has 0 atom stereocenters. The van der Waals surface area contributed by atoms with Gasteiger partial charge in [0.05, 0.1) is 18.8 Å². The molecule has 4 aliphatic heterocycles. The second-order valence-electron chi connectivity index (χ2n) is 8.35. The number of nitrogens with zero attached hydrogens (tertiary/aromatic N) is 4. The van der Waals surface area contributed by atoms with E-state index in [1.165, 1.54) is 5.56 Å². The maximum Gasteiger partial charge on any atom is 0.188 e. The SMILES string of the molecule is O=C1CC=NC2=C1NC=C1C=C(OCCCN3CCN(Cc4ccccc4)CC3)CN12. The molecule has 0 amide bonds. The highest BCUT2D eigenvalue weighted by atomic mass is 16.5. The Bertz CT molecular complexity index is 942. The molecule has 4 heterocycles. The third-order valence-electron chi connectivity index (χ3n) is 6.17. The van der Waals surface area contributed by atoms with Crippen LogP contribution in [0.15, 0.2) is 70.6 Å². The molecule has 7 heteroatoms. The van der Waals surface area contributed by atoms with Crippen molar-refractivity contribution >= 4 is 12.0 Å². The molecule has 0 spiro atoms. The number of fused-ring (bicyclic) bond motifs is 2. The van der Waals surface area contributed by atoms with Crippen molar-refractivity contribution in [1.82, 2.24) is 20.0 Å². The summed E-state index contributed by atoms with van der Waals surface area (Å²) in [5, 5.41) is 3.09.